The van der Waals surface area contributed by atoms with Gasteiger partial charge < -0.3 is 10.1 Å². The quantitative estimate of drug-likeness (QED) is 0.791. The minimum absolute atomic E-state index is 0.0895. The SMILES string of the molecule is CC1(C)CC(NCC2(C3CC3)CC2)CCO1. The number of ether oxygens (including phenoxy) is 1. The third-order valence-electron chi connectivity index (χ3n) is 4.78. The van der Waals surface area contributed by atoms with Crippen molar-refractivity contribution in [3.8, 4) is 0 Å². The minimum atomic E-state index is 0.0895. The Hall–Kier alpha value is -0.0800. The number of rotatable bonds is 4. The largest absolute Gasteiger partial charge is 0.375 e. The topological polar surface area (TPSA) is 21.3 Å². The lowest BCUT2D eigenvalue weighted by Gasteiger charge is -2.36. The van der Waals surface area contributed by atoms with E-state index < -0.39 is 0 Å². The second-order valence-electron chi connectivity index (χ2n) is 6.82. The summed E-state index contributed by atoms with van der Waals surface area (Å²) in [7, 11) is 0. The fraction of sp³-hybridized carbons (Fsp3) is 1.00. The zero-order valence-corrected chi connectivity index (χ0v) is 10.7. The van der Waals surface area contributed by atoms with Crippen molar-refractivity contribution in [2.24, 2.45) is 11.3 Å². The number of nitrogens with one attached hydrogen (secondary N) is 1. The van der Waals surface area contributed by atoms with E-state index in [4.69, 9.17) is 4.74 Å². The van der Waals surface area contributed by atoms with Crippen LogP contribution in [0.2, 0.25) is 0 Å². The summed E-state index contributed by atoms with van der Waals surface area (Å²) in [5.74, 6) is 1.08. The minimum Gasteiger partial charge on any atom is -0.375 e. The van der Waals surface area contributed by atoms with Crippen molar-refractivity contribution < 1.29 is 4.74 Å². The molecule has 3 rings (SSSR count). The highest BCUT2D eigenvalue weighted by molar-refractivity contribution is 5.05. The molecule has 2 saturated carbocycles. The van der Waals surface area contributed by atoms with Crippen molar-refractivity contribution in [1.82, 2.24) is 5.32 Å². The average Bonchev–Trinajstić information content (AvgIpc) is 3.06. The maximum absolute atomic E-state index is 5.76. The summed E-state index contributed by atoms with van der Waals surface area (Å²) < 4.78 is 5.76. The van der Waals surface area contributed by atoms with Crippen LogP contribution in [0, 0.1) is 11.3 Å². The molecule has 0 aromatic heterocycles. The molecule has 1 atom stereocenters. The Morgan fingerprint density at radius 1 is 1.19 bits per heavy atom. The summed E-state index contributed by atoms with van der Waals surface area (Å²) in [6.45, 7) is 6.64. The van der Waals surface area contributed by atoms with Gasteiger partial charge >= 0.3 is 0 Å². The van der Waals surface area contributed by atoms with Crippen LogP contribution in [0.15, 0.2) is 0 Å². The smallest absolute Gasteiger partial charge is 0.0641 e. The second kappa shape index (κ2) is 3.71. The standard InChI is InChI=1S/C14H25NO/c1-13(2)9-12(5-8-16-13)15-10-14(6-7-14)11-3-4-11/h11-12,15H,3-10H2,1-2H3. The highest BCUT2D eigenvalue weighted by Gasteiger charge is 2.53. The molecule has 1 aliphatic heterocycles. The van der Waals surface area contributed by atoms with Gasteiger partial charge in [0.25, 0.3) is 0 Å². The van der Waals surface area contributed by atoms with E-state index in [2.05, 4.69) is 19.2 Å². The van der Waals surface area contributed by atoms with Gasteiger partial charge in [0.1, 0.15) is 0 Å². The molecule has 2 heteroatoms. The van der Waals surface area contributed by atoms with E-state index in [0.29, 0.717) is 6.04 Å². The first-order valence-electron chi connectivity index (χ1n) is 6.97. The van der Waals surface area contributed by atoms with Gasteiger partial charge in [-0.1, -0.05) is 0 Å². The molecule has 3 fully saturated rings. The second-order valence-corrected chi connectivity index (χ2v) is 6.82. The van der Waals surface area contributed by atoms with Crippen LogP contribution in [0.3, 0.4) is 0 Å². The molecular weight excluding hydrogens is 198 g/mol. The van der Waals surface area contributed by atoms with Gasteiger partial charge in [-0.3, -0.25) is 0 Å². The third-order valence-corrected chi connectivity index (χ3v) is 4.78. The van der Waals surface area contributed by atoms with E-state index in [0.717, 1.165) is 17.9 Å². The van der Waals surface area contributed by atoms with E-state index in [-0.39, 0.29) is 5.60 Å². The van der Waals surface area contributed by atoms with Gasteiger partial charge in [0.15, 0.2) is 0 Å². The molecule has 3 aliphatic rings. The molecule has 1 saturated heterocycles. The normalized spacial score (nSPS) is 36.0. The molecule has 92 valence electrons. The molecule has 2 nitrogen and oxygen atoms in total. The van der Waals surface area contributed by atoms with Gasteiger partial charge in [-0.2, -0.15) is 0 Å². The van der Waals surface area contributed by atoms with Crippen LogP contribution in [-0.2, 0) is 4.74 Å². The van der Waals surface area contributed by atoms with Crippen LogP contribution >= 0.6 is 0 Å². The predicted molar refractivity (Wildman–Crippen MR) is 65.4 cm³/mol. The van der Waals surface area contributed by atoms with Crippen LogP contribution in [0.1, 0.15) is 52.4 Å². The Morgan fingerprint density at radius 2 is 1.94 bits per heavy atom. The van der Waals surface area contributed by atoms with E-state index in [1.807, 2.05) is 0 Å². The summed E-state index contributed by atoms with van der Waals surface area (Å²) in [5.41, 5.74) is 0.828. The lowest BCUT2D eigenvalue weighted by molar-refractivity contribution is -0.0634. The average molecular weight is 223 g/mol. The predicted octanol–water partition coefficient (Wildman–Crippen LogP) is 2.72. The third kappa shape index (κ3) is 2.28. The molecule has 1 N–H and O–H groups in total. The molecule has 0 spiro atoms. The first-order chi connectivity index (χ1) is 7.60. The zero-order valence-electron chi connectivity index (χ0n) is 10.7. The van der Waals surface area contributed by atoms with Gasteiger partial charge in [-0.15, -0.1) is 0 Å². The molecule has 0 aromatic rings. The van der Waals surface area contributed by atoms with Crippen LogP contribution in [0.5, 0.6) is 0 Å². The Bertz CT molecular complexity index is 266. The fourth-order valence-electron chi connectivity index (χ4n) is 3.34. The first kappa shape index (κ1) is 11.0. The highest BCUT2D eigenvalue weighted by atomic mass is 16.5. The van der Waals surface area contributed by atoms with Crippen LogP contribution in [0.25, 0.3) is 0 Å². The Kier molecular flexibility index (Phi) is 2.56. The van der Waals surface area contributed by atoms with E-state index >= 15 is 0 Å². The number of hydrogen-bond donors (Lipinski definition) is 1. The van der Waals surface area contributed by atoms with Gasteiger partial charge in [0, 0.05) is 19.2 Å². The van der Waals surface area contributed by atoms with Crippen LogP contribution in [-0.4, -0.2) is 24.8 Å². The molecule has 1 heterocycles. The van der Waals surface area contributed by atoms with Crippen molar-refractivity contribution in [2.75, 3.05) is 13.2 Å². The maximum atomic E-state index is 5.76. The van der Waals surface area contributed by atoms with Crippen molar-refractivity contribution in [3.63, 3.8) is 0 Å². The lowest BCUT2D eigenvalue weighted by Crippen LogP contribution is -2.45. The zero-order chi connectivity index (χ0) is 11.2. The summed E-state index contributed by atoms with van der Waals surface area (Å²) in [6.07, 6.45) is 8.34. The lowest BCUT2D eigenvalue weighted by atomic mass is 9.92. The molecule has 0 amide bonds. The fourth-order valence-corrected chi connectivity index (χ4v) is 3.34. The van der Waals surface area contributed by atoms with E-state index in [1.165, 1.54) is 45.1 Å². The van der Waals surface area contributed by atoms with Crippen LogP contribution in [0.4, 0.5) is 0 Å². The van der Waals surface area contributed by atoms with Gasteiger partial charge in [-0.05, 0) is 63.7 Å². The summed E-state index contributed by atoms with van der Waals surface area (Å²) in [6, 6.07) is 0.694. The van der Waals surface area contributed by atoms with Gasteiger partial charge in [-0.25, -0.2) is 0 Å². The summed E-state index contributed by atoms with van der Waals surface area (Å²) in [5, 5.41) is 3.82. The van der Waals surface area contributed by atoms with Gasteiger partial charge in [0.05, 0.1) is 5.60 Å². The molecule has 0 radical (unpaired) electrons. The van der Waals surface area contributed by atoms with Gasteiger partial charge in [0.2, 0.25) is 0 Å². The Morgan fingerprint density at radius 3 is 2.50 bits per heavy atom. The van der Waals surface area contributed by atoms with Crippen molar-refractivity contribution in [1.29, 1.82) is 0 Å². The molecular formula is C14H25NO. The first-order valence-corrected chi connectivity index (χ1v) is 6.97. The molecule has 0 aromatic carbocycles. The van der Waals surface area contributed by atoms with Crippen molar-refractivity contribution in [3.05, 3.63) is 0 Å². The Balaban J connectivity index is 1.48. The molecule has 2 aliphatic carbocycles. The molecule has 1 unspecified atom stereocenters. The Labute approximate surface area is 99.1 Å². The number of hydrogen-bond acceptors (Lipinski definition) is 2. The monoisotopic (exact) mass is 223 g/mol. The van der Waals surface area contributed by atoms with E-state index in [9.17, 15) is 0 Å². The van der Waals surface area contributed by atoms with Crippen LogP contribution < -0.4 is 5.32 Å². The summed E-state index contributed by atoms with van der Waals surface area (Å²) in [4.78, 5) is 0. The summed E-state index contributed by atoms with van der Waals surface area (Å²) >= 11 is 0. The van der Waals surface area contributed by atoms with Crippen molar-refractivity contribution in [2.45, 2.75) is 64.0 Å². The van der Waals surface area contributed by atoms with E-state index in [1.54, 1.807) is 0 Å². The molecule has 16 heavy (non-hydrogen) atoms. The van der Waals surface area contributed by atoms with Crippen molar-refractivity contribution >= 4 is 0 Å². The molecule has 0 bridgehead atoms. The maximum Gasteiger partial charge on any atom is 0.0641 e. The highest BCUT2D eigenvalue weighted by Crippen LogP contribution is 2.60.